The first-order valence-corrected chi connectivity index (χ1v) is 8.72. The molecule has 0 spiro atoms. The molecule has 1 aliphatic rings. The van der Waals surface area contributed by atoms with E-state index >= 15 is 0 Å². The zero-order valence-corrected chi connectivity index (χ0v) is 16.1. The lowest BCUT2D eigenvalue weighted by molar-refractivity contribution is -0.106. The predicted molar refractivity (Wildman–Crippen MR) is 106 cm³/mol. The number of aromatic nitrogens is 1. The highest BCUT2D eigenvalue weighted by atomic mass is 35.5. The number of methoxy groups -OCH3 is 1. The van der Waals surface area contributed by atoms with Crippen LogP contribution in [0.15, 0.2) is 42.7 Å². The molecule has 0 unspecified atom stereocenters. The van der Waals surface area contributed by atoms with E-state index in [2.05, 4.69) is 4.98 Å². The van der Waals surface area contributed by atoms with Gasteiger partial charge < -0.3 is 9.47 Å². The minimum Gasteiger partial charge on any atom is -0.493 e. The topological polar surface area (TPSA) is 48.4 Å². The molecular formula is C20H21Cl2NO3. The van der Waals surface area contributed by atoms with Gasteiger partial charge in [-0.25, -0.2) is 0 Å². The summed E-state index contributed by atoms with van der Waals surface area (Å²) in [7, 11) is 1.62. The number of allylic oxidation sites excluding steroid dienone is 1. The number of pyridine rings is 1. The molecule has 0 saturated heterocycles. The monoisotopic (exact) mass is 393 g/mol. The summed E-state index contributed by atoms with van der Waals surface area (Å²) in [5.41, 5.74) is 1.97. The van der Waals surface area contributed by atoms with Crippen LogP contribution in [-0.4, -0.2) is 23.4 Å². The summed E-state index contributed by atoms with van der Waals surface area (Å²) < 4.78 is 11.5. The van der Waals surface area contributed by atoms with Crippen LogP contribution < -0.4 is 9.47 Å². The van der Waals surface area contributed by atoms with Crippen molar-refractivity contribution in [2.75, 3.05) is 7.11 Å². The van der Waals surface area contributed by atoms with Gasteiger partial charge in [0.05, 0.1) is 13.2 Å². The Bertz CT molecular complexity index is 772. The quantitative estimate of drug-likeness (QED) is 0.503. The summed E-state index contributed by atoms with van der Waals surface area (Å²) in [6.45, 7) is 0. The summed E-state index contributed by atoms with van der Waals surface area (Å²) in [5.74, 6) is 1.38. The molecule has 3 rings (SSSR count). The molecule has 0 amide bonds. The van der Waals surface area contributed by atoms with Crippen molar-refractivity contribution in [2.45, 2.75) is 31.8 Å². The molecule has 1 aliphatic carbocycles. The number of rotatable bonds is 6. The number of halogens is 2. The summed E-state index contributed by atoms with van der Waals surface area (Å²) in [4.78, 5) is 15.8. The van der Waals surface area contributed by atoms with E-state index in [1.807, 2.05) is 18.2 Å². The maximum Gasteiger partial charge on any atom is 0.253 e. The zero-order chi connectivity index (χ0) is 17.6. The Kier molecular flexibility index (Phi) is 7.49. The molecule has 1 heterocycles. The van der Waals surface area contributed by atoms with Crippen LogP contribution in [0.3, 0.4) is 0 Å². The Morgan fingerprint density at radius 2 is 1.85 bits per heavy atom. The minimum atomic E-state index is -0.514. The van der Waals surface area contributed by atoms with Crippen molar-refractivity contribution in [3.8, 4) is 11.5 Å². The lowest BCUT2D eigenvalue weighted by atomic mass is 10.0. The second-order valence-electron chi connectivity index (χ2n) is 6.00. The summed E-state index contributed by atoms with van der Waals surface area (Å²) in [5, 5.41) is -0.514. The molecule has 1 aromatic heterocycles. The van der Waals surface area contributed by atoms with Crippen LogP contribution in [0.4, 0.5) is 0 Å². The molecule has 1 saturated carbocycles. The summed E-state index contributed by atoms with van der Waals surface area (Å²) in [6.07, 6.45) is 9.75. The van der Waals surface area contributed by atoms with Crippen LogP contribution in [0.2, 0.25) is 0 Å². The number of carbonyl (C=O) groups is 1. The number of benzene rings is 1. The first kappa shape index (κ1) is 20.3. The van der Waals surface area contributed by atoms with Crippen molar-refractivity contribution in [1.82, 2.24) is 4.98 Å². The van der Waals surface area contributed by atoms with Crippen LogP contribution >= 0.6 is 24.0 Å². The smallest absolute Gasteiger partial charge is 0.253 e. The number of ether oxygens (including phenoxy) is 2. The average Bonchev–Trinajstić information content (AvgIpc) is 3.13. The van der Waals surface area contributed by atoms with E-state index in [0.29, 0.717) is 17.1 Å². The Morgan fingerprint density at radius 3 is 2.46 bits per heavy atom. The molecule has 0 radical (unpaired) electrons. The average molecular weight is 394 g/mol. The van der Waals surface area contributed by atoms with E-state index in [9.17, 15) is 4.79 Å². The largest absolute Gasteiger partial charge is 0.493 e. The van der Waals surface area contributed by atoms with Crippen LogP contribution in [0.25, 0.3) is 11.6 Å². The molecule has 2 aromatic rings. The number of carbonyl (C=O) groups excluding carboxylic acids is 1. The van der Waals surface area contributed by atoms with Gasteiger partial charge >= 0.3 is 0 Å². The highest BCUT2D eigenvalue weighted by Crippen LogP contribution is 2.33. The van der Waals surface area contributed by atoms with E-state index in [-0.39, 0.29) is 18.5 Å². The molecule has 0 atom stereocenters. The third-order valence-electron chi connectivity index (χ3n) is 4.30. The van der Waals surface area contributed by atoms with Crippen molar-refractivity contribution >= 4 is 40.9 Å². The van der Waals surface area contributed by atoms with Gasteiger partial charge in [0.15, 0.2) is 11.5 Å². The predicted octanol–water partition coefficient (Wildman–Crippen LogP) is 5.14. The van der Waals surface area contributed by atoms with Crippen molar-refractivity contribution in [3.63, 3.8) is 0 Å². The Labute approximate surface area is 164 Å². The van der Waals surface area contributed by atoms with E-state index in [0.717, 1.165) is 24.0 Å². The second-order valence-corrected chi connectivity index (χ2v) is 6.35. The number of hydrogen-bond acceptors (Lipinski definition) is 4. The molecule has 1 aromatic carbocycles. The standard InChI is InChI=1S/C20H20ClNO3.ClH/c1-24-18-7-6-14(13-19(18)25-16-4-2-3-5-16)12-17(20(21)23)15-8-10-22-11-9-15;/h6-13,16H,2-5H2,1H3;1H/b17-12+;. The van der Waals surface area contributed by atoms with Gasteiger partial charge in [-0.3, -0.25) is 9.78 Å². The summed E-state index contributed by atoms with van der Waals surface area (Å²) in [6, 6.07) is 9.12. The van der Waals surface area contributed by atoms with Crippen molar-refractivity contribution < 1.29 is 14.3 Å². The third-order valence-corrected chi connectivity index (χ3v) is 4.50. The molecule has 0 bridgehead atoms. The molecule has 0 N–H and O–H groups in total. The number of hydrogen-bond donors (Lipinski definition) is 0. The molecule has 4 nitrogen and oxygen atoms in total. The zero-order valence-electron chi connectivity index (χ0n) is 14.5. The van der Waals surface area contributed by atoms with Crippen LogP contribution in [0.5, 0.6) is 11.5 Å². The maximum absolute atomic E-state index is 11.9. The fourth-order valence-electron chi connectivity index (χ4n) is 3.01. The first-order valence-electron chi connectivity index (χ1n) is 8.34. The van der Waals surface area contributed by atoms with E-state index < -0.39 is 5.24 Å². The fraction of sp³-hybridized carbons (Fsp3) is 0.300. The van der Waals surface area contributed by atoms with E-state index in [1.54, 1.807) is 37.7 Å². The number of nitrogens with zero attached hydrogens (tertiary/aromatic N) is 1. The molecule has 1 fully saturated rings. The second kappa shape index (κ2) is 9.60. The van der Waals surface area contributed by atoms with Gasteiger partial charge in [0.25, 0.3) is 5.24 Å². The van der Waals surface area contributed by atoms with Gasteiger partial charge in [-0.05, 0) is 78.8 Å². The Morgan fingerprint density at radius 1 is 1.15 bits per heavy atom. The Balaban J connectivity index is 0.00000243. The SMILES string of the molecule is COc1ccc(/C=C(/C(=O)Cl)c2ccncc2)cc1OC1CCCC1.Cl. The van der Waals surface area contributed by atoms with Gasteiger partial charge in [0.2, 0.25) is 0 Å². The normalized spacial score (nSPS) is 14.6. The van der Waals surface area contributed by atoms with Gasteiger partial charge in [0.1, 0.15) is 0 Å². The highest BCUT2D eigenvalue weighted by molar-refractivity contribution is 6.75. The maximum atomic E-state index is 11.9. The van der Waals surface area contributed by atoms with Crippen molar-refractivity contribution in [2.24, 2.45) is 0 Å². The van der Waals surface area contributed by atoms with Crippen LogP contribution in [0.1, 0.15) is 36.8 Å². The molecule has 6 heteroatoms. The molecular weight excluding hydrogens is 373 g/mol. The van der Waals surface area contributed by atoms with Crippen molar-refractivity contribution in [3.05, 3.63) is 53.9 Å². The first-order chi connectivity index (χ1) is 12.2. The molecule has 0 aliphatic heterocycles. The van der Waals surface area contributed by atoms with Crippen LogP contribution in [0, 0.1) is 0 Å². The van der Waals surface area contributed by atoms with Gasteiger partial charge in [-0.2, -0.15) is 0 Å². The van der Waals surface area contributed by atoms with E-state index in [1.165, 1.54) is 12.8 Å². The van der Waals surface area contributed by atoms with Crippen molar-refractivity contribution in [1.29, 1.82) is 0 Å². The lowest BCUT2D eigenvalue weighted by Gasteiger charge is -2.16. The van der Waals surface area contributed by atoms with Gasteiger partial charge in [0, 0.05) is 18.0 Å². The third kappa shape index (κ3) is 4.99. The summed E-state index contributed by atoms with van der Waals surface area (Å²) >= 11 is 5.78. The fourth-order valence-corrected chi connectivity index (χ4v) is 3.18. The molecule has 138 valence electrons. The van der Waals surface area contributed by atoms with E-state index in [4.69, 9.17) is 21.1 Å². The van der Waals surface area contributed by atoms with Gasteiger partial charge in [-0.1, -0.05) is 6.07 Å². The highest BCUT2D eigenvalue weighted by Gasteiger charge is 2.19. The van der Waals surface area contributed by atoms with Gasteiger partial charge in [-0.15, -0.1) is 12.4 Å². The molecule has 26 heavy (non-hydrogen) atoms. The minimum absolute atomic E-state index is 0. The lowest BCUT2D eigenvalue weighted by Crippen LogP contribution is -2.11. The van der Waals surface area contributed by atoms with Crippen LogP contribution in [-0.2, 0) is 4.79 Å². The Hall–Kier alpha value is -2.04.